The highest BCUT2D eigenvalue weighted by Crippen LogP contribution is 2.24. The lowest BCUT2D eigenvalue weighted by Gasteiger charge is -2.33. The van der Waals surface area contributed by atoms with Crippen LogP contribution in [-0.4, -0.2) is 30.7 Å². The summed E-state index contributed by atoms with van der Waals surface area (Å²) in [6.45, 7) is 2.97. The van der Waals surface area contributed by atoms with Gasteiger partial charge in [-0.25, -0.2) is 9.37 Å². The van der Waals surface area contributed by atoms with Crippen molar-refractivity contribution in [3.63, 3.8) is 0 Å². The first-order chi connectivity index (χ1) is 8.83. The summed E-state index contributed by atoms with van der Waals surface area (Å²) in [5.41, 5.74) is 0. The van der Waals surface area contributed by atoms with Crippen LogP contribution in [-0.2, 0) is 0 Å². The van der Waals surface area contributed by atoms with Crippen LogP contribution in [0.1, 0.15) is 25.7 Å². The van der Waals surface area contributed by atoms with Gasteiger partial charge in [-0.15, -0.1) is 0 Å². The summed E-state index contributed by atoms with van der Waals surface area (Å²) in [5, 5.41) is 3.58. The van der Waals surface area contributed by atoms with Crippen LogP contribution >= 0.6 is 0 Å². The van der Waals surface area contributed by atoms with Crippen LogP contribution in [0.3, 0.4) is 0 Å². The van der Waals surface area contributed by atoms with Crippen molar-refractivity contribution in [2.75, 3.05) is 24.5 Å². The van der Waals surface area contributed by atoms with Gasteiger partial charge in [-0.05, 0) is 50.3 Å². The topological polar surface area (TPSA) is 28.2 Å². The first-order valence-electron chi connectivity index (χ1n) is 6.92. The van der Waals surface area contributed by atoms with E-state index in [4.69, 9.17) is 0 Å². The summed E-state index contributed by atoms with van der Waals surface area (Å²) in [7, 11) is 0. The minimum absolute atomic E-state index is 0.202. The molecule has 1 aromatic heterocycles. The average molecular weight is 249 g/mol. The Bertz CT molecular complexity index is 398. The molecule has 4 heteroatoms. The van der Waals surface area contributed by atoms with Crippen molar-refractivity contribution in [1.82, 2.24) is 10.3 Å². The third-order valence-electron chi connectivity index (χ3n) is 3.93. The molecule has 0 bridgehead atoms. The second kappa shape index (κ2) is 5.22. The Labute approximate surface area is 107 Å². The summed E-state index contributed by atoms with van der Waals surface area (Å²) in [6, 6.07) is 3.92. The number of piperidine rings is 1. The van der Waals surface area contributed by atoms with Crippen molar-refractivity contribution in [3.8, 4) is 0 Å². The summed E-state index contributed by atoms with van der Waals surface area (Å²) < 4.78 is 13.6. The van der Waals surface area contributed by atoms with Gasteiger partial charge < -0.3 is 10.2 Å². The molecule has 98 valence electrons. The maximum atomic E-state index is 13.6. The van der Waals surface area contributed by atoms with Crippen LogP contribution in [0, 0.1) is 11.7 Å². The van der Waals surface area contributed by atoms with Crippen LogP contribution in [0.15, 0.2) is 18.3 Å². The second-order valence-electron chi connectivity index (χ2n) is 5.42. The summed E-state index contributed by atoms with van der Waals surface area (Å²) in [4.78, 5) is 6.22. The fourth-order valence-electron chi connectivity index (χ4n) is 2.58. The first kappa shape index (κ1) is 11.9. The molecule has 1 N–H and O–H groups in total. The van der Waals surface area contributed by atoms with Crippen LogP contribution in [0.4, 0.5) is 10.2 Å². The monoisotopic (exact) mass is 249 g/mol. The molecular weight excluding hydrogens is 229 g/mol. The number of nitrogens with zero attached hydrogens (tertiary/aromatic N) is 2. The van der Waals surface area contributed by atoms with Crippen LogP contribution in [0.5, 0.6) is 0 Å². The van der Waals surface area contributed by atoms with Crippen molar-refractivity contribution in [2.45, 2.75) is 31.7 Å². The van der Waals surface area contributed by atoms with E-state index in [1.807, 2.05) is 0 Å². The molecule has 0 atom stereocenters. The van der Waals surface area contributed by atoms with E-state index in [2.05, 4.69) is 15.2 Å². The van der Waals surface area contributed by atoms with Crippen LogP contribution in [0.25, 0.3) is 0 Å². The molecule has 0 spiro atoms. The van der Waals surface area contributed by atoms with Crippen molar-refractivity contribution in [3.05, 3.63) is 24.1 Å². The van der Waals surface area contributed by atoms with Gasteiger partial charge >= 0.3 is 0 Å². The Kier molecular flexibility index (Phi) is 3.46. The smallest absolute Gasteiger partial charge is 0.165 e. The van der Waals surface area contributed by atoms with Gasteiger partial charge in [0.1, 0.15) is 0 Å². The van der Waals surface area contributed by atoms with E-state index in [0.29, 0.717) is 5.82 Å². The van der Waals surface area contributed by atoms with E-state index in [1.54, 1.807) is 12.3 Å². The molecule has 1 saturated carbocycles. The van der Waals surface area contributed by atoms with Crippen molar-refractivity contribution in [1.29, 1.82) is 0 Å². The van der Waals surface area contributed by atoms with Crippen molar-refractivity contribution in [2.24, 2.45) is 5.92 Å². The number of nitrogens with one attached hydrogen (secondary N) is 1. The number of hydrogen-bond acceptors (Lipinski definition) is 3. The zero-order chi connectivity index (χ0) is 12.4. The molecule has 2 heterocycles. The Morgan fingerprint density at radius 2 is 2.06 bits per heavy atom. The zero-order valence-electron chi connectivity index (χ0n) is 10.6. The Morgan fingerprint density at radius 3 is 2.72 bits per heavy atom. The normalized spacial score (nSPS) is 21.3. The summed E-state index contributed by atoms with van der Waals surface area (Å²) >= 11 is 0. The number of rotatable bonds is 4. The molecule has 18 heavy (non-hydrogen) atoms. The van der Waals surface area contributed by atoms with Crippen molar-refractivity contribution < 1.29 is 4.39 Å². The Morgan fingerprint density at radius 1 is 1.28 bits per heavy atom. The minimum Gasteiger partial charge on any atom is -0.354 e. The predicted molar refractivity (Wildman–Crippen MR) is 70.2 cm³/mol. The van der Waals surface area contributed by atoms with Crippen molar-refractivity contribution >= 4 is 5.82 Å². The fraction of sp³-hybridized carbons (Fsp3) is 0.643. The molecule has 3 rings (SSSR count). The zero-order valence-corrected chi connectivity index (χ0v) is 10.6. The van der Waals surface area contributed by atoms with E-state index in [1.165, 1.54) is 18.9 Å². The Balaban J connectivity index is 1.51. The van der Waals surface area contributed by atoms with E-state index in [0.717, 1.165) is 44.4 Å². The van der Waals surface area contributed by atoms with Gasteiger partial charge in [0.2, 0.25) is 0 Å². The number of hydrogen-bond donors (Lipinski definition) is 1. The largest absolute Gasteiger partial charge is 0.354 e. The van der Waals surface area contributed by atoms with Gasteiger partial charge in [-0.1, -0.05) is 0 Å². The third kappa shape index (κ3) is 2.80. The third-order valence-corrected chi connectivity index (χ3v) is 3.93. The molecule has 0 aromatic carbocycles. The van der Waals surface area contributed by atoms with Crippen LogP contribution in [0.2, 0.25) is 0 Å². The molecule has 3 nitrogen and oxygen atoms in total. The van der Waals surface area contributed by atoms with E-state index in [-0.39, 0.29) is 5.82 Å². The highest BCUT2D eigenvalue weighted by molar-refractivity contribution is 5.39. The maximum Gasteiger partial charge on any atom is 0.165 e. The van der Waals surface area contributed by atoms with Crippen LogP contribution < -0.4 is 10.2 Å². The quantitative estimate of drug-likeness (QED) is 0.886. The molecule has 2 fully saturated rings. The summed E-state index contributed by atoms with van der Waals surface area (Å²) in [6.07, 6.45) is 6.63. The molecule has 0 amide bonds. The van der Waals surface area contributed by atoms with E-state index < -0.39 is 0 Å². The second-order valence-corrected chi connectivity index (χ2v) is 5.42. The first-order valence-corrected chi connectivity index (χ1v) is 6.92. The lowest BCUT2D eigenvalue weighted by atomic mass is 9.96. The van der Waals surface area contributed by atoms with Gasteiger partial charge in [0, 0.05) is 25.3 Å². The highest BCUT2D eigenvalue weighted by Gasteiger charge is 2.25. The van der Waals surface area contributed by atoms with E-state index in [9.17, 15) is 4.39 Å². The predicted octanol–water partition coefficient (Wildman–Crippen LogP) is 2.19. The molecule has 2 aliphatic rings. The maximum absolute atomic E-state index is 13.6. The SMILES string of the molecule is Fc1cccnc1N1CCC(CNC2CC2)CC1. The lowest BCUT2D eigenvalue weighted by Crippen LogP contribution is -2.38. The molecule has 0 unspecified atom stereocenters. The van der Waals surface area contributed by atoms with Gasteiger partial charge in [-0.2, -0.15) is 0 Å². The van der Waals surface area contributed by atoms with Gasteiger partial charge in [-0.3, -0.25) is 0 Å². The van der Waals surface area contributed by atoms with Gasteiger partial charge in [0.05, 0.1) is 0 Å². The number of anilines is 1. The number of aromatic nitrogens is 1. The van der Waals surface area contributed by atoms with Gasteiger partial charge in [0.25, 0.3) is 0 Å². The number of pyridine rings is 1. The van der Waals surface area contributed by atoms with E-state index >= 15 is 0 Å². The fourth-order valence-corrected chi connectivity index (χ4v) is 2.58. The molecule has 1 aliphatic heterocycles. The highest BCUT2D eigenvalue weighted by atomic mass is 19.1. The molecule has 1 saturated heterocycles. The lowest BCUT2D eigenvalue weighted by molar-refractivity contribution is 0.378. The number of halogens is 1. The molecule has 1 aromatic rings. The molecule has 0 radical (unpaired) electrons. The standard InChI is InChI=1S/C14H20FN3/c15-13-2-1-7-16-14(13)18-8-5-11(6-9-18)10-17-12-3-4-12/h1-2,7,11-12,17H,3-6,8-10H2. The van der Waals surface area contributed by atoms with Gasteiger partial charge in [0.15, 0.2) is 11.6 Å². The molecular formula is C14H20FN3. The average Bonchev–Trinajstić information content (AvgIpc) is 3.22. The summed E-state index contributed by atoms with van der Waals surface area (Å²) in [5.74, 6) is 1.06. The Hall–Kier alpha value is -1.16. The minimum atomic E-state index is -0.202. The molecule has 1 aliphatic carbocycles.